The van der Waals surface area contributed by atoms with Crippen LogP contribution in [0.1, 0.15) is 81.0 Å². The molecule has 3 saturated carbocycles. The number of hydrogen-bond donors (Lipinski definition) is 7. The highest BCUT2D eigenvalue weighted by atomic mass is 19.1. The molecule has 3 aliphatic rings. The van der Waals surface area contributed by atoms with E-state index in [-0.39, 0.29) is 52.7 Å². The third-order valence-corrected chi connectivity index (χ3v) is 15.0. The smallest absolute Gasteiger partial charge is 0.255 e. The molecule has 15 heteroatoms. The van der Waals surface area contributed by atoms with Crippen LogP contribution in [0.2, 0.25) is 0 Å². The largest absolute Gasteiger partial charge is 0.454 e. The lowest BCUT2D eigenvalue weighted by Gasteiger charge is -2.61. The molecule has 3 aliphatic carbocycles. The molecular weight excluding hydrogens is 955 g/mol. The number of benzene rings is 6. The summed E-state index contributed by atoms with van der Waals surface area (Å²) in [6.07, 6.45) is 4.99. The van der Waals surface area contributed by atoms with Gasteiger partial charge < -0.3 is 45.2 Å². The van der Waals surface area contributed by atoms with E-state index < -0.39 is 34.9 Å². The normalized spacial score (nSPS) is 16.0. The minimum atomic E-state index is -0.793. The molecular formula is C60H50F2N6O7. The summed E-state index contributed by atoms with van der Waals surface area (Å²) >= 11 is 0. The zero-order valence-corrected chi connectivity index (χ0v) is 41.3. The molecule has 3 fully saturated rings. The van der Waals surface area contributed by atoms with Crippen LogP contribution in [0.25, 0.3) is 99.9 Å². The van der Waals surface area contributed by atoms with Gasteiger partial charge in [0, 0.05) is 98.6 Å². The molecule has 0 spiro atoms. The zero-order valence-electron chi connectivity index (χ0n) is 41.3. The number of halogens is 2. The highest BCUT2D eigenvalue weighted by Crippen LogP contribution is 2.57. The van der Waals surface area contributed by atoms with Gasteiger partial charge in [-0.3, -0.25) is 19.2 Å². The topological polar surface area (TPSA) is 194 Å². The van der Waals surface area contributed by atoms with Gasteiger partial charge in [-0.05, 0) is 165 Å². The van der Waals surface area contributed by atoms with Gasteiger partial charge in [0.25, 0.3) is 23.6 Å². The molecule has 4 heterocycles. The summed E-state index contributed by atoms with van der Waals surface area (Å²) in [5.74, 6) is -1.17. The lowest BCUT2D eigenvalue weighted by atomic mass is 9.50. The lowest BCUT2D eigenvalue weighted by Crippen LogP contribution is -2.68. The number of H-pyrrole nitrogens is 2. The number of aromatic nitrogens is 2. The number of aliphatic hydroxyl groups is 1. The fraction of sp³-hybridized carbons (Fsp3) is 0.200. The van der Waals surface area contributed by atoms with Crippen molar-refractivity contribution < 1.29 is 41.9 Å². The van der Waals surface area contributed by atoms with E-state index in [0.717, 1.165) is 19.3 Å². The number of aliphatic hydroxyl groups excluding tert-OH is 1. The zero-order chi connectivity index (χ0) is 52.1. The van der Waals surface area contributed by atoms with Crippen LogP contribution in [-0.2, 0) is 0 Å². The number of aromatic amines is 2. The quantitative estimate of drug-likeness (QED) is 0.0597. The van der Waals surface area contributed by atoms with Crippen molar-refractivity contribution >= 4 is 67.4 Å². The van der Waals surface area contributed by atoms with Crippen LogP contribution in [0.15, 0.2) is 130 Å². The van der Waals surface area contributed by atoms with Crippen molar-refractivity contribution in [2.75, 3.05) is 20.7 Å². The summed E-state index contributed by atoms with van der Waals surface area (Å²) in [7, 11) is 3.05. The van der Waals surface area contributed by atoms with Crippen LogP contribution in [0.5, 0.6) is 0 Å². The molecule has 0 radical (unpaired) electrons. The highest BCUT2D eigenvalue weighted by molar-refractivity contribution is 6.21. The van der Waals surface area contributed by atoms with E-state index in [0.29, 0.717) is 99.9 Å². The number of fused-ring (bicyclic) bond motifs is 6. The molecule has 4 aromatic heterocycles. The van der Waals surface area contributed by atoms with Gasteiger partial charge in [-0.2, -0.15) is 0 Å². The Kier molecular flexibility index (Phi) is 11.1. The SMILES string of the molecule is CNC(=O)c1c(-c2ccc(F)cc2)oc2c1cc(-c1cc(C(=O)NC(C)(C)CCO)cc(-c3cc4c([nH]3)c(-c3cccc(C(=O)NC56CC(C5)C6)c3)cc3c(C(=O)NC)c(-c5ccc(F)cc5)oc34)c1)c1[nH]ccc12. The third kappa shape index (κ3) is 8.01. The van der Waals surface area contributed by atoms with E-state index in [2.05, 4.69) is 31.2 Å². The van der Waals surface area contributed by atoms with Gasteiger partial charge in [0.1, 0.15) is 34.3 Å². The Morgan fingerprint density at radius 1 is 0.627 bits per heavy atom. The number of amides is 4. The Morgan fingerprint density at radius 2 is 1.20 bits per heavy atom. The maximum absolute atomic E-state index is 14.6. The van der Waals surface area contributed by atoms with Crippen LogP contribution in [0.4, 0.5) is 8.78 Å². The predicted octanol–water partition coefficient (Wildman–Crippen LogP) is 11.6. The minimum absolute atomic E-state index is 0.149. The number of rotatable bonds is 13. The molecule has 2 bridgehead atoms. The summed E-state index contributed by atoms with van der Waals surface area (Å²) < 4.78 is 41.7. The first kappa shape index (κ1) is 47.2. The Bertz CT molecular complexity index is 4000. The molecule has 0 saturated heterocycles. The van der Waals surface area contributed by atoms with Crippen LogP contribution in [0.3, 0.4) is 0 Å². The Labute approximate surface area is 427 Å². The Hall–Kier alpha value is -8.82. The van der Waals surface area contributed by atoms with Crippen molar-refractivity contribution in [2.24, 2.45) is 5.92 Å². The first-order valence-corrected chi connectivity index (χ1v) is 24.8. The second-order valence-corrected chi connectivity index (χ2v) is 20.5. The van der Waals surface area contributed by atoms with Gasteiger partial charge in [-0.1, -0.05) is 12.1 Å². The molecule has 6 aromatic carbocycles. The summed E-state index contributed by atoms with van der Waals surface area (Å²) in [5.41, 5.74) is 6.99. The summed E-state index contributed by atoms with van der Waals surface area (Å²) in [6.45, 7) is 3.50. The number of carbonyl (C=O) groups is 4. The molecule has 376 valence electrons. The van der Waals surface area contributed by atoms with E-state index in [1.54, 1.807) is 48.7 Å². The first-order valence-electron chi connectivity index (χ1n) is 24.8. The minimum Gasteiger partial charge on any atom is -0.454 e. The molecule has 4 amide bonds. The van der Waals surface area contributed by atoms with E-state index >= 15 is 0 Å². The van der Waals surface area contributed by atoms with Gasteiger partial charge in [0.2, 0.25) is 0 Å². The summed E-state index contributed by atoms with van der Waals surface area (Å²) in [5, 5.41) is 24.0. The van der Waals surface area contributed by atoms with Crippen LogP contribution >= 0.6 is 0 Å². The molecule has 75 heavy (non-hydrogen) atoms. The molecule has 13 rings (SSSR count). The van der Waals surface area contributed by atoms with Crippen molar-refractivity contribution in [3.8, 4) is 56.2 Å². The van der Waals surface area contributed by atoms with Crippen LogP contribution in [0, 0.1) is 17.6 Å². The number of nitrogens with one attached hydrogen (secondary N) is 6. The van der Waals surface area contributed by atoms with Gasteiger partial charge in [0.15, 0.2) is 0 Å². The molecule has 0 unspecified atom stereocenters. The van der Waals surface area contributed by atoms with Crippen molar-refractivity contribution in [1.82, 2.24) is 31.2 Å². The van der Waals surface area contributed by atoms with E-state index in [1.165, 1.54) is 38.4 Å². The number of hydrogen-bond acceptors (Lipinski definition) is 7. The average molecular weight is 1010 g/mol. The third-order valence-electron chi connectivity index (χ3n) is 15.0. The molecule has 7 N–H and O–H groups in total. The summed E-state index contributed by atoms with van der Waals surface area (Å²) in [6, 6.07) is 31.7. The Morgan fingerprint density at radius 3 is 1.77 bits per heavy atom. The molecule has 0 atom stereocenters. The monoisotopic (exact) mass is 1000 g/mol. The van der Waals surface area contributed by atoms with Crippen molar-refractivity contribution in [2.45, 2.75) is 50.6 Å². The standard InChI is InChI=1S/C60H50F2N6O7/c1-59(2,17-19-69)67-56(71)37-22-35(42-25-43-47(57(72)63-3)51(31-8-12-38(61)13-9-31)74-53(43)40-16-18-65-49(40)42)21-36(23-37)46-26-45-50(66-46)41(33-6-5-7-34(20-33)55(70)68-60-27-30(28-60)29-60)24-44-48(58(73)64-4)52(75-54(44)45)32-10-14-39(62)15-11-32/h5-16,18,20-26,30,65-66,69H,17,19,27-29H2,1-4H3,(H,63,72)(H,64,73)(H,67,71)(H,68,70). The van der Waals surface area contributed by atoms with Crippen LogP contribution < -0.4 is 21.3 Å². The van der Waals surface area contributed by atoms with Gasteiger partial charge in [0.05, 0.1) is 22.2 Å². The summed E-state index contributed by atoms with van der Waals surface area (Å²) in [4.78, 5) is 63.3. The fourth-order valence-electron chi connectivity index (χ4n) is 11.1. The van der Waals surface area contributed by atoms with Gasteiger partial charge >= 0.3 is 0 Å². The van der Waals surface area contributed by atoms with E-state index in [1.807, 2.05) is 62.4 Å². The first-order chi connectivity index (χ1) is 36.1. The highest BCUT2D eigenvalue weighted by Gasteiger charge is 2.57. The molecule has 0 aliphatic heterocycles. The maximum atomic E-state index is 14.6. The van der Waals surface area contributed by atoms with Gasteiger partial charge in [-0.15, -0.1) is 0 Å². The van der Waals surface area contributed by atoms with Crippen molar-refractivity contribution in [3.05, 3.63) is 155 Å². The average Bonchev–Trinajstić information content (AvgIpc) is 4.22. The number of carbonyl (C=O) groups excluding carboxylic acids is 4. The molecule has 13 nitrogen and oxygen atoms in total. The molecule has 10 aromatic rings. The van der Waals surface area contributed by atoms with Crippen LogP contribution in [-0.4, -0.2) is 70.5 Å². The second-order valence-electron chi connectivity index (χ2n) is 20.5. The Balaban J connectivity index is 1.09. The maximum Gasteiger partial charge on any atom is 0.255 e. The van der Waals surface area contributed by atoms with E-state index in [9.17, 15) is 33.1 Å². The van der Waals surface area contributed by atoms with Crippen molar-refractivity contribution in [1.29, 1.82) is 0 Å². The fourth-order valence-corrected chi connectivity index (χ4v) is 11.1. The lowest BCUT2D eigenvalue weighted by molar-refractivity contribution is -0.0438. The number of furan rings is 2. The van der Waals surface area contributed by atoms with E-state index in [4.69, 9.17) is 8.83 Å². The second kappa shape index (κ2) is 17.7. The van der Waals surface area contributed by atoms with Crippen molar-refractivity contribution in [3.63, 3.8) is 0 Å². The predicted molar refractivity (Wildman–Crippen MR) is 284 cm³/mol. The van der Waals surface area contributed by atoms with Gasteiger partial charge in [-0.25, -0.2) is 8.78 Å².